The predicted molar refractivity (Wildman–Crippen MR) is 63.0 cm³/mol. The molecular weight excluding hydrogens is 220 g/mol. The van der Waals surface area contributed by atoms with E-state index in [1.54, 1.807) is 6.26 Å². The molecule has 0 radical (unpaired) electrons. The van der Waals surface area contributed by atoms with Gasteiger partial charge in [0, 0.05) is 12.6 Å². The Morgan fingerprint density at radius 1 is 1.65 bits per heavy atom. The van der Waals surface area contributed by atoms with Crippen LogP contribution in [0.15, 0.2) is 10.7 Å². The normalized spacial score (nSPS) is 24.6. The van der Waals surface area contributed by atoms with Crippen LogP contribution >= 0.6 is 0 Å². The van der Waals surface area contributed by atoms with Gasteiger partial charge in [-0.1, -0.05) is 13.8 Å². The number of carboxylic acids is 1. The summed E-state index contributed by atoms with van der Waals surface area (Å²) in [7, 11) is 0. The van der Waals surface area contributed by atoms with E-state index in [-0.39, 0.29) is 17.9 Å². The summed E-state index contributed by atoms with van der Waals surface area (Å²) < 4.78 is 5.38. The van der Waals surface area contributed by atoms with Crippen LogP contribution in [0.4, 0.5) is 6.01 Å². The van der Waals surface area contributed by atoms with Crippen molar-refractivity contribution in [2.45, 2.75) is 33.2 Å². The average Bonchev–Trinajstić information content (AvgIpc) is 2.82. The molecule has 17 heavy (non-hydrogen) atoms. The van der Waals surface area contributed by atoms with E-state index in [1.165, 1.54) is 0 Å². The number of nitrogens with zero attached hydrogens (tertiary/aromatic N) is 2. The van der Waals surface area contributed by atoms with Gasteiger partial charge in [0.05, 0.1) is 11.6 Å². The minimum atomic E-state index is -0.727. The smallest absolute Gasteiger partial charge is 0.308 e. The van der Waals surface area contributed by atoms with E-state index < -0.39 is 5.97 Å². The van der Waals surface area contributed by atoms with E-state index in [0.29, 0.717) is 19.0 Å². The molecule has 0 aliphatic carbocycles. The average molecular weight is 238 g/mol. The summed E-state index contributed by atoms with van der Waals surface area (Å²) in [5.74, 6) is -0.803. The molecule has 2 atom stereocenters. The second-order valence-electron chi connectivity index (χ2n) is 4.93. The van der Waals surface area contributed by atoms with Gasteiger partial charge < -0.3 is 14.4 Å². The van der Waals surface area contributed by atoms with Gasteiger partial charge in [-0.2, -0.15) is 4.98 Å². The molecule has 1 aliphatic rings. The molecule has 0 bridgehead atoms. The quantitative estimate of drug-likeness (QED) is 0.871. The lowest BCUT2D eigenvalue weighted by atomic mass is 9.91. The van der Waals surface area contributed by atoms with Crippen molar-refractivity contribution in [3.05, 3.63) is 12.0 Å². The van der Waals surface area contributed by atoms with E-state index in [0.717, 1.165) is 5.69 Å². The summed E-state index contributed by atoms with van der Waals surface area (Å²) in [5.41, 5.74) is 0.821. The molecule has 0 saturated carbocycles. The van der Waals surface area contributed by atoms with Gasteiger partial charge in [-0.25, -0.2) is 0 Å². The fraction of sp³-hybridized carbons (Fsp3) is 0.667. The third kappa shape index (κ3) is 2.14. The van der Waals surface area contributed by atoms with Crippen molar-refractivity contribution >= 4 is 12.0 Å². The van der Waals surface area contributed by atoms with E-state index >= 15 is 0 Å². The minimum Gasteiger partial charge on any atom is -0.481 e. The maximum Gasteiger partial charge on any atom is 0.308 e. The van der Waals surface area contributed by atoms with Crippen molar-refractivity contribution in [2.24, 2.45) is 11.8 Å². The molecule has 0 unspecified atom stereocenters. The maximum atomic E-state index is 11.2. The molecule has 0 spiro atoms. The second kappa shape index (κ2) is 4.39. The first-order valence-corrected chi connectivity index (χ1v) is 5.92. The highest BCUT2D eigenvalue weighted by Crippen LogP contribution is 2.33. The Kier molecular flexibility index (Phi) is 3.09. The number of aliphatic carboxylic acids is 1. The highest BCUT2D eigenvalue weighted by molar-refractivity contribution is 5.72. The Morgan fingerprint density at radius 3 is 2.82 bits per heavy atom. The van der Waals surface area contributed by atoms with Crippen molar-refractivity contribution < 1.29 is 14.3 Å². The number of carboxylic acid groups (broad SMARTS) is 1. The molecule has 0 aromatic carbocycles. The third-order valence-electron chi connectivity index (χ3n) is 3.31. The predicted octanol–water partition coefficient (Wildman–Crippen LogP) is 1.92. The van der Waals surface area contributed by atoms with Crippen LogP contribution < -0.4 is 4.90 Å². The van der Waals surface area contributed by atoms with Gasteiger partial charge in [-0.05, 0) is 19.3 Å². The summed E-state index contributed by atoms with van der Waals surface area (Å²) in [6, 6.07) is 0.510. The Balaban J connectivity index is 2.26. The van der Waals surface area contributed by atoms with Crippen molar-refractivity contribution in [1.82, 2.24) is 4.98 Å². The van der Waals surface area contributed by atoms with Gasteiger partial charge in [-0.15, -0.1) is 0 Å². The van der Waals surface area contributed by atoms with Gasteiger partial charge in [0.25, 0.3) is 6.01 Å². The largest absolute Gasteiger partial charge is 0.481 e. The molecule has 0 amide bonds. The maximum absolute atomic E-state index is 11.2. The fourth-order valence-corrected chi connectivity index (χ4v) is 2.61. The van der Waals surface area contributed by atoms with E-state index in [4.69, 9.17) is 4.42 Å². The number of anilines is 1. The molecule has 2 heterocycles. The first-order valence-electron chi connectivity index (χ1n) is 5.92. The molecule has 1 aliphatic heterocycles. The molecule has 94 valence electrons. The van der Waals surface area contributed by atoms with E-state index in [1.807, 2.05) is 25.7 Å². The number of aromatic nitrogens is 1. The number of rotatable bonds is 3. The van der Waals surface area contributed by atoms with E-state index in [9.17, 15) is 9.90 Å². The Bertz CT molecular complexity index is 414. The lowest BCUT2D eigenvalue weighted by Crippen LogP contribution is -2.39. The molecule has 5 nitrogen and oxygen atoms in total. The second-order valence-corrected chi connectivity index (χ2v) is 4.93. The van der Waals surface area contributed by atoms with Crippen LogP contribution in [0.1, 0.15) is 26.0 Å². The molecule has 1 fully saturated rings. The van der Waals surface area contributed by atoms with Gasteiger partial charge in [-0.3, -0.25) is 4.79 Å². The van der Waals surface area contributed by atoms with Gasteiger partial charge >= 0.3 is 5.97 Å². The number of oxazole rings is 1. The molecule has 1 saturated heterocycles. The van der Waals surface area contributed by atoms with Crippen LogP contribution in [0.3, 0.4) is 0 Å². The molecule has 5 heteroatoms. The summed E-state index contributed by atoms with van der Waals surface area (Å²) in [6.07, 6.45) is 2.25. The zero-order valence-electron chi connectivity index (χ0n) is 10.4. The zero-order valence-corrected chi connectivity index (χ0v) is 10.4. The van der Waals surface area contributed by atoms with Crippen LogP contribution in [0.2, 0.25) is 0 Å². The molecule has 1 aromatic rings. The summed E-state index contributed by atoms with van der Waals surface area (Å²) in [4.78, 5) is 17.5. The highest BCUT2D eigenvalue weighted by atomic mass is 16.4. The third-order valence-corrected chi connectivity index (χ3v) is 3.31. The van der Waals surface area contributed by atoms with Crippen LogP contribution in [0, 0.1) is 18.8 Å². The SMILES string of the molecule is Cc1coc(N2CC[C@H](C(=O)O)[C@H]2C(C)C)n1. The standard InChI is InChI=1S/C12H18N2O3/c1-7(2)10-9(11(15)16)4-5-14(10)12-13-8(3)6-17-12/h6-7,9-10H,4-5H2,1-3H3,(H,15,16)/t9-,10+/m0/s1. The van der Waals surface area contributed by atoms with Crippen LogP contribution in [0.25, 0.3) is 0 Å². The highest BCUT2D eigenvalue weighted by Gasteiger charge is 2.42. The lowest BCUT2D eigenvalue weighted by molar-refractivity contribution is -0.142. The topological polar surface area (TPSA) is 66.6 Å². The first kappa shape index (κ1) is 12.0. The number of hydrogen-bond acceptors (Lipinski definition) is 4. The zero-order chi connectivity index (χ0) is 12.6. The van der Waals surface area contributed by atoms with Crippen LogP contribution in [0.5, 0.6) is 0 Å². The lowest BCUT2D eigenvalue weighted by Gasteiger charge is -2.28. The molecular formula is C12H18N2O3. The number of carbonyl (C=O) groups is 1. The van der Waals surface area contributed by atoms with Crippen LogP contribution in [-0.2, 0) is 4.79 Å². The van der Waals surface area contributed by atoms with Crippen molar-refractivity contribution in [3.8, 4) is 0 Å². The number of aryl methyl sites for hydroxylation is 1. The van der Waals surface area contributed by atoms with Gasteiger partial charge in [0.1, 0.15) is 6.26 Å². The van der Waals surface area contributed by atoms with Crippen molar-refractivity contribution in [3.63, 3.8) is 0 Å². The Labute approximate surface area is 100 Å². The van der Waals surface area contributed by atoms with Crippen molar-refractivity contribution in [1.29, 1.82) is 0 Å². The van der Waals surface area contributed by atoms with Crippen LogP contribution in [-0.4, -0.2) is 28.6 Å². The number of hydrogen-bond donors (Lipinski definition) is 1. The molecule has 1 N–H and O–H groups in total. The molecule has 1 aromatic heterocycles. The fourth-order valence-electron chi connectivity index (χ4n) is 2.61. The van der Waals surface area contributed by atoms with E-state index in [2.05, 4.69) is 4.98 Å². The van der Waals surface area contributed by atoms with Gasteiger partial charge in [0.2, 0.25) is 0 Å². The summed E-state index contributed by atoms with van der Waals surface area (Å²) in [6.45, 7) is 6.63. The van der Waals surface area contributed by atoms with Gasteiger partial charge in [0.15, 0.2) is 0 Å². The summed E-state index contributed by atoms with van der Waals surface area (Å²) in [5, 5.41) is 9.22. The Hall–Kier alpha value is -1.52. The van der Waals surface area contributed by atoms with Crippen molar-refractivity contribution in [2.75, 3.05) is 11.4 Å². The minimum absolute atomic E-state index is 0.0365. The monoisotopic (exact) mass is 238 g/mol. The molecule has 2 rings (SSSR count). The Morgan fingerprint density at radius 2 is 2.35 bits per heavy atom. The first-order chi connectivity index (χ1) is 8.00. The summed E-state index contributed by atoms with van der Waals surface area (Å²) >= 11 is 0.